The van der Waals surface area contributed by atoms with E-state index in [0.29, 0.717) is 24.5 Å². The van der Waals surface area contributed by atoms with Crippen molar-refractivity contribution in [1.29, 1.82) is 0 Å². The molecule has 33 heavy (non-hydrogen) atoms. The molecule has 1 saturated heterocycles. The molecule has 1 aromatic heterocycles. The first-order valence-electron chi connectivity index (χ1n) is 9.72. The van der Waals surface area contributed by atoms with Gasteiger partial charge in [0.25, 0.3) is 0 Å². The number of piperazine rings is 1. The third kappa shape index (κ3) is 5.64. The largest absolute Gasteiger partial charge is 0.573 e. The first kappa shape index (κ1) is 23.1. The Morgan fingerprint density at radius 2 is 1.58 bits per heavy atom. The second-order valence-electron chi connectivity index (χ2n) is 7.17. The van der Waals surface area contributed by atoms with Crippen molar-refractivity contribution in [2.75, 3.05) is 26.2 Å². The average Bonchev–Trinajstić information content (AvgIpc) is 3.22. The third-order valence-electron chi connectivity index (χ3n) is 4.91. The van der Waals surface area contributed by atoms with Crippen molar-refractivity contribution in [1.82, 2.24) is 29.4 Å². The monoisotopic (exact) mass is 486 g/mol. The quantitative estimate of drug-likeness (QED) is 0.494. The lowest BCUT2D eigenvalue weighted by molar-refractivity contribution is -0.274. The Hall–Kier alpha value is -3.10. The zero-order chi connectivity index (χ0) is 23.6. The molecule has 1 fully saturated rings. The molecular formula is C19H18F4N6O3S. The molecule has 0 atom stereocenters. The van der Waals surface area contributed by atoms with Crippen LogP contribution >= 0.6 is 0 Å². The summed E-state index contributed by atoms with van der Waals surface area (Å²) >= 11 is 0. The lowest BCUT2D eigenvalue weighted by atomic mass is 10.2. The Bertz CT molecular complexity index is 1190. The number of tetrazole rings is 1. The lowest BCUT2D eigenvalue weighted by Crippen LogP contribution is -2.49. The fourth-order valence-electron chi connectivity index (χ4n) is 3.27. The molecule has 176 valence electrons. The molecule has 0 aliphatic carbocycles. The smallest absolute Gasteiger partial charge is 0.406 e. The van der Waals surface area contributed by atoms with E-state index in [4.69, 9.17) is 0 Å². The van der Waals surface area contributed by atoms with E-state index in [-0.39, 0.29) is 30.5 Å². The number of nitrogens with zero attached hydrogens (tertiary/aromatic N) is 6. The van der Waals surface area contributed by atoms with Gasteiger partial charge in [-0.3, -0.25) is 4.90 Å². The van der Waals surface area contributed by atoms with Crippen LogP contribution in [0.1, 0.15) is 0 Å². The minimum atomic E-state index is -4.85. The number of ether oxygens (including phenoxy) is 1. The van der Waals surface area contributed by atoms with Crippen LogP contribution in [0.3, 0.4) is 0 Å². The molecule has 0 amide bonds. The highest BCUT2D eigenvalue weighted by molar-refractivity contribution is 7.89. The minimum Gasteiger partial charge on any atom is -0.406 e. The molecule has 0 unspecified atom stereocenters. The van der Waals surface area contributed by atoms with E-state index in [0.717, 1.165) is 24.3 Å². The maximum atomic E-state index is 13.1. The fraction of sp³-hybridized carbons (Fsp3) is 0.316. The Kier molecular flexibility index (Phi) is 6.32. The lowest BCUT2D eigenvalue weighted by Gasteiger charge is -2.33. The van der Waals surface area contributed by atoms with Crippen molar-refractivity contribution < 1.29 is 30.7 Å². The first-order valence-corrected chi connectivity index (χ1v) is 11.2. The molecule has 0 saturated carbocycles. The van der Waals surface area contributed by atoms with Gasteiger partial charge in [-0.05, 0) is 53.7 Å². The summed E-state index contributed by atoms with van der Waals surface area (Å²) in [6.45, 7) is 1.43. The molecule has 2 heterocycles. The van der Waals surface area contributed by atoms with Crippen molar-refractivity contribution in [2.24, 2.45) is 0 Å². The number of benzene rings is 2. The van der Waals surface area contributed by atoms with E-state index < -0.39 is 22.1 Å². The zero-order valence-corrected chi connectivity index (χ0v) is 17.8. The number of aromatic nitrogens is 4. The highest BCUT2D eigenvalue weighted by Crippen LogP contribution is 2.25. The predicted molar refractivity (Wildman–Crippen MR) is 107 cm³/mol. The second kappa shape index (κ2) is 9.03. The van der Waals surface area contributed by atoms with Gasteiger partial charge in [0.1, 0.15) is 18.2 Å². The maximum absolute atomic E-state index is 13.1. The van der Waals surface area contributed by atoms with E-state index in [1.165, 1.54) is 21.2 Å². The summed E-state index contributed by atoms with van der Waals surface area (Å²) in [7, 11) is -3.87. The molecule has 3 aromatic rings. The van der Waals surface area contributed by atoms with E-state index in [2.05, 4.69) is 20.1 Å². The van der Waals surface area contributed by atoms with Crippen LogP contribution in [-0.4, -0.2) is 70.4 Å². The highest BCUT2D eigenvalue weighted by Gasteiger charge is 2.32. The summed E-state index contributed by atoms with van der Waals surface area (Å²) in [6.07, 6.45) is -4.85. The van der Waals surface area contributed by atoms with Crippen LogP contribution in [0.4, 0.5) is 17.6 Å². The van der Waals surface area contributed by atoms with E-state index in [1.54, 1.807) is 12.1 Å². The SMILES string of the molecule is O=S(=O)(c1ccc(OC(F)(F)F)cc1)N1CCN(Cn2nnc(-c3ccc(F)cc3)n2)CC1. The number of halogens is 4. The van der Waals surface area contributed by atoms with E-state index in [9.17, 15) is 26.0 Å². The van der Waals surface area contributed by atoms with Gasteiger partial charge in [-0.1, -0.05) is 0 Å². The normalized spacial score (nSPS) is 16.1. The van der Waals surface area contributed by atoms with Gasteiger partial charge in [0, 0.05) is 31.7 Å². The van der Waals surface area contributed by atoms with Crippen LogP contribution in [0.15, 0.2) is 53.4 Å². The van der Waals surface area contributed by atoms with Gasteiger partial charge in [0.2, 0.25) is 15.8 Å². The third-order valence-corrected chi connectivity index (χ3v) is 6.82. The van der Waals surface area contributed by atoms with Crippen LogP contribution in [0.25, 0.3) is 11.4 Å². The topological polar surface area (TPSA) is 93.5 Å². The van der Waals surface area contributed by atoms with E-state index in [1.807, 2.05) is 4.90 Å². The number of hydrogen-bond donors (Lipinski definition) is 0. The molecular weight excluding hydrogens is 468 g/mol. The highest BCUT2D eigenvalue weighted by atomic mass is 32.2. The Balaban J connectivity index is 1.34. The molecule has 9 nitrogen and oxygen atoms in total. The van der Waals surface area contributed by atoms with Gasteiger partial charge < -0.3 is 4.74 Å². The van der Waals surface area contributed by atoms with Crippen molar-refractivity contribution >= 4 is 10.0 Å². The molecule has 4 rings (SSSR count). The Labute approximate surface area is 186 Å². The van der Waals surface area contributed by atoms with Crippen LogP contribution < -0.4 is 4.74 Å². The van der Waals surface area contributed by atoms with Gasteiger partial charge in [-0.2, -0.15) is 4.31 Å². The molecule has 14 heteroatoms. The van der Waals surface area contributed by atoms with Gasteiger partial charge in [0.15, 0.2) is 0 Å². The average molecular weight is 486 g/mol. The summed E-state index contributed by atoms with van der Waals surface area (Å²) in [4.78, 5) is 3.18. The summed E-state index contributed by atoms with van der Waals surface area (Å²) < 4.78 is 80.6. The Morgan fingerprint density at radius 1 is 0.939 bits per heavy atom. The number of alkyl halides is 3. The second-order valence-corrected chi connectivity index (χ2v) is 9.11. The van der Waals surface area contributed by atoms with Gasteiger partial charge in [0.05, 0.1) is 4.90 Å². The summed E-state index contributed by atoms with van der Waals surface area (Å²) in [6, 6.07) is 9.78. The number of hydrogen-bond acceptors (Lipinski definition) is 7. The van der Waals surface area contributed by atoms with Gasteiger partial charge in [-0.25, -0.2) is 12.8 Å². The first-order chi connectivity index (χ1) is 15.6. The van der Waals surface area contributed by atoms with Gasteiger partial charge >= 0.3 is 6.36 Å². The molecule has 0 bridgehead atoms. The van der Waals surface area contributed by atoms with E-state index >= 15 is 0 Å². The Morgan fingerprint density at radius 3 is 2.18 bits per heavy atom. The maximum Gasteiger partial charge on any atom is 0.573 e. The van der Waals surface area contributed by atoms with Crippen LogP contribution in [0.2, 0.25) is 0 Å². The van der Waals surface area contributed by atoms with Crippen molar-refractivity contribution in [3.8, 4) is 17.1 Å². The number of rotatable bonds is 6. The molecule has 2 aromatic carbocycles. The molecule has 1 aliphatic heterocycles. The van der Waals surface area contributed by atoms with Crippen LogP contribution in [0, 0.1) is 5.82 Å². The molecule has 0 spiro atoms. The van der Waals surface area contributed by atoms with Gasteiger partial charge in [-0.15, -0.1) is 28.2 Å². The van der Waals surface area contributed by atoms with Crippen LogP contribution in [-0.2, 0) is 16.7 Å². The predicted octanol–water partition coefficient (Wildman–Crippen LogP) is 2.34. The zero-order valence-electron chi connectivity index (χ0n) is 17.0. The summed E-state index contributed by atoms with van der Waals surface area (Å²) in [5.41, 5.74) is 0.616. The van der Waals surface area contributed by atoms with Crippen molar-refractivity contribution in [3.05, 3.63) is 54.3 Å². The summed E-state index contributed by atoms with van der Waals surface area (Å²) in [5.74, 6) is -0.523. The van der Waals surface area contributed by atoms with Crippen molar-refractivity contribution in [3.63, 3.8) is 0 Å². The minimum absolute atomic E-state index is 0.118. The molecule has 0 N–H and O–H groups in total. The fourth-order valence-corrected chi connectivity index (χ4v) is 4.69. The summed E-state index contributed by atoms with van der Waals surface area (Å²) in [5, 5.41) is 12.2. The molecule has 1 aliphatic rings. The van der Waals surface area contributed by atoms with Crippen LogP contribution in [0.5, 0.6) is 5.75 Å². The standard InChI is InChI=1S/C19H18F4N6O3S/c20-15-3-1-14(2-4-15)18-24-26-29(25-18)13-27-9-11-28(12-10-27)33(30,31)17-7-5-16(6-8-17)32-19(21,22)23/h1-8H,9-13H2. The van der Waals surface area contributed by atoms with Crippen molar-refractivity contribution in [2.45, 2.75) is 17.9 Å². The number of sulfonamides is 1. The molecule has 0 radical (unpaired) electrons.